The summed E-state index contributed by atoms with van der Waals surface area (Å²) in [7, 11) is -2.55. The Balaban J connectivity index is 2.10. The van der Waals surface area contributed by atoms with Gasteiger partial charge in [0.25, 0.3) is 5.91 Å². The van der Waals surface area contributed by atoms with Crippen molar-refractivity contribution in [2.24, 2.45) is 5.92 Å². The van der Waals surface area contributed by atoms with Gasteiger partial charge in [0.1, 0.15) is 0 Å². The van der Waals surface area contributed by atoms with E-state index in [2.05, 4.69) is 5.32 Å². The molecule has 1 fully saturated rings. The van der Waals surface area contributed by atoms with Crippen LogP contribution in [0.2, 0.25) is 18.6 Å². The minimum Gasteiger partial charge on any atom is -0.432 e. The maximum Gasteiger partial charge on any atom is 0.261 e. The van der Waals surface area contributed by atoms with Crippen molar-refractivity contribution in [1.29, 1.82) is 0 Å². The Labute approximate surface area is 131 Å². The molecule has 1 aromatic rings. The topological polar surface area (TPSA) is 78.8 Å². The third-order valence-corrected chi connectivity index (χ3v) is 7.56. The molecule has 1 spiro atoms. The highest BCUT2D eigenvalue weighted by Crippen LogP contribution is 2.57. The summed E-state index contributed by atoms with van der Waals surface area (Å²) < 4.78 is 6.24. The Hall–Kier alpha value is -1.21. The number of hydrogen-bond donors (Lipinski definition) is 3. The van der Waals surface area contributed by atoms with Crippen LogP contribution < -0.4 is 5.32 Å². The smallest absolute Gasteiger partial charge is 0.261 e. The molecule has 5 nitrogen and oxygen atoms in total. The molecule has 0 radical (unpaired) electrons. The first-order chi connectivity index (χ1) is 10.3. The largest absolute Gasteiger partial charge is 0.432 e. The third-order valence-electron chi connectivity index (χ3n) is 5.06. The van der Waals surface area contributed by atoms with Crippen molar-refractivity contribution in [1.82, 2.24) is 0 Å². The van der Waals surface area contributed by atoms with Gasteiger partial charge in [-0.05, 0) is 25.6 Å². The lowest BCUT2D eigenvalue weighted by molar-refractivity contribution is -0.143. The monoisotopic (exact) mass is 321 g/mol. The minimum atomic E-state index is -2.55. The molecule has 0 saturated carbocycles. The molecule has 22 heavy (non-hydrogen) atoms. The molecule has 4 atom stereocenters. The van der Waals surface area contributed by atoms with Gasteiger partial charge in [-0.3, -0.25) is 4.79 Å². The Bertz CT molecular complexity index is 600. The van der Waals surface area contributed by atoms with Crippen LogP contribution in [0.3, 0.4) is 0 Å². The minimum absolute atomic E-state index is 0.0162. The van der Waals surface area contributed by atoms with Gasteiger partial charge in [-0.15, -0.1) is 0 Å². The van der Waals surface area contributed by atoms with E-state index in [9.17, 15) is 14.7 Å². The van der Waals surface area contributed by atoms with E-state index in [1.54, 1.807) is 0 Å². The highest BCUT2D eigenvalue weighted by molar-refractivity contribution is 6.71. The van der Waals surface area contributed by atoms with Crippen molar-refractivity contribution < 1.29 is 19.4 Å². The summed E-state index contributed by atoms with van der Waals surface area (Å²) in [5.41, 5.74) is 0.474. The molecule has 1 aromatic carbocycles. The van der Waals surface area contributed by atoms with E-state index < -0.39 is 13.9 Å². The van der Waals surface area contributed by atoms with Crippen molar-refractivity contribution in [3.63, 3.8) is 0 Å². The average molecular weight is 321 g/mol. The van der Waals surface area contributed by atoms with Crippen molar-refractivity contribution >= 4 is 19.9 Å². The molecule has 120 valence electrons. The summed E-state index contributed by atoms with van der Waals surface area (Å²) in [6.07, 6.45) is 0.131. The van der Waals surface area contributed by atoms with Gasteiger partial charge < -0.3 is 20.0 Å². The van der Waals surface area contributed by atoms with Crippen molar-refractivity contribution in [2.75, 3.05) is 11.9 Å². The van der Waals surface area contributed by atoms with Gasteiger partial charge in [0.2, 0.25) is 0 Å². The van der Waals surface area contributed by atoms with Gasteiger partial charge in [0.15, 0.2) is 13.9 Å². The number of benzene rings is 1. The zero-order chi connectivity index (χ0) is 16.1. The molecule has 3 N–H and O–H groups in total. The molecule has 2 aliphatic rings. The van der Waals surface area contributed by atoms with Crippen LogP contribution >= 0.6 is 0 Å². The van der Waals surface area contributed by atoms with E-state index in [1.807, 2.05) is 44.3 Å². The van der Waals surface area contributed by atoms with Crippen LogP contribution in [0.4, 0.5) is 5.69 Å². The first-order valence-corrected chi connectivity index (χ1v) is 10.8. The molecule has 6 heteroatoms. The summed E-state index contributed by atoms with van der Waals surface area (Å²) in [6.45, 7) is 5.71. The number of anilines is 1. The zero-order valence-electron chi connectivity index (χ0n) is 13.2. The molecule has 0 aliphatic carbocycles. The Kier molecular flexibility index (Phi) is 3.68. The van der Waals surface area contributed by atoms with Crippen LogP contribution in [0.25, 0.3) is 0 Å². The molecule has 0 unspecified atom stereocenters. The molecule has 1 saturated heterocycles. The van der Waals surface area contributed by atoms with Crippen LogP contribution in [-0.2, 0) is 15.1 Å². The maximum absolute atomic E-state index is 12.7. The predicted molar refractivity (Wildman–Crippen MR) is 85.9 cm³/mol. The molecule has 0 aromatic heterocycles. The summed E-state index contributed by atoms with van der Waals surface area (Å²) in [6, 6.07) is 7.56. The molecule has 2 heterocycles. The normalized spacial score (nSPS) is 34.0. The van der Waals surface area contributed by atoms with E-state index in [1.165, 1.54) is 0 Å². The number of ether oxygens (including phenoxy) is 1. The number of nitrogens with one attached hydrogen (secondary N) is 1. The van der Waals surface area contributed by atoms with E-state index in [0.717, 1.165) is 11.3 Å². The van der Waals surface area contributed by atoms with E-state index in [4.69, 9.17) is 4.74 Å². The predicted octanol–water partition coefficient (Wildman–Crippen LogP) is 1.82. The van der Waals surface area contributed by atoms with Crippen LogP contribution in [0.5, 0.6) is 0 Å². The number of carbonyl (C=O) groups excluding carboxylic acids is 1. The number of para-hydroxylation sites is 1. The lowest BCUT2D eigenvalue weighted by atomic mass is 9.82. The van der Waals surface area contributed by atoms with Gasteiger partial charge in [0.05, 0.1) is 6.10 Å². The van der Waals surface area contributed by atoms with E-state index in [0.29, 0.717) is 6.42 Å². The second-order valence-corrected chi connectivity index (χ2v) is 10.8. The Morgan fingerprint density at radius 2 is 2.05 bits per heavy atom. The fourth-order valence-electron chi connectivity index (χ4n) is 4.25. The Morgan fingerprint density at radius 1 is 1.36 bits per heavy atom. The van der Waals surface area contributed by atoms with Crippen LogP contribution in [-0.4, -0.2) is 36.8 Å². The SMILES string of the molecule is C[C@H]1[C@H]([Si](C)(C)O)[C@@H](CCO)O[C@]12C(=O)Nc1ccccc12. The standard InChI is InChI=1S/C16H23NO4Si/c1-10-14(22(2,3)20)13(8-9-18)21-16(10)11-6-4-5-7-12(11)17-15(16)19/h4-7,10,13-14,18,20H,8-9H2,1-3H3,(H,17,19)/t10-,13+,14-,16+/m0/s1. The van der Waals surface area contributed by atoms with E-state index in [-0.39, 0.29) is 30.1 Å². The molecular weight excluding hydrogens is 298 g/mol. The number of aliphatic hydroxyl groups is 1. The molecule has 0 bridgehead atoms. The molecule has 3 rings (SSSR count). The fraction of sp³-hybridized carbons (Fsp3) is 0.562. The van der Waals surface area contributed by atoms with Gasteiger partial charge >= 0.3 is 0 Å². The van der Waals surface area contributed by atoms with Gasteiger partial charge in [0, 0.05) is 29.3 Å². The van der Waals surface area contributed by atoms with Gasteiger partial charge in [-0.1, -0.05) is 25.1 Å². The summed E-state index contributed by atoms with van der Waals surface area (Å²) >= 11 is 0. The zero-order valence-corrected chi connectivity index (χ0v) is 14.2. The van der Waals surface area contributed by atoms with Crippen LogP contribution in [0.15, 0.2) is 24.3 Å². The van der Waals surface area contributed by atoms with Crippen molar-refractivity contribution in [3.05, 3.63) is 29.8 Å². The highest BCUT2D eigenvalue weighted by Gasteiger charge is 2.64. The quantitative estimate of drug-likeness (QED) is 0.742. The summed E-state index contributed by atoms with van der Waals surface area (Å²) in [5, 5.41) is 12.2. The first kappa shape index (κ1) is 15.7. The van der Waals surface area contributed by atoms with Gasteiger partial charge in [-0.2, -0.15) is 0 Å². The molecular formula is C16H23NO4Si. The molecule has 1 amide bonds. The first-order valence-electron chi connectivity index (χ1n) is 7.74. The average Bonchev–Trinajstić information content (AvgIpc) is 2.88. The second-order valence-electron chi connectivity index (χ2n) is 6.87. The lowest BCUT2D eigenvalue weighted by Crippen LogP contribution is -2.43. The number of aliphatic hydroxyl groups excluding tert-OH is 1. The molecule has 2 aliphatic heterocycles. The highest BCUT2D eigenvalue weighted by atomic mass is 28.4. The maximum atomic E-state index is 12.7. The van der Waals surface area contributed by atoms with Crippen molar-refractivity contribution in [2.45, 2.75) is 43.7 Å². The van der Waals surface area contributed by atoms with Crippen LogP contribution in [0, 0.1) is 5.92 Å². The lowest BCUT2D eigenvalue weighted by Gasteiger charge is -2.31. The number of hydrogen-bond acceptors (Lipinski definition) is 4. The summed E-state index contributed by atoms with van der Waals surface area (Å²) in [5.74, 6) is -0.302. The third kappa shape index (κ3) is 2.05. The van der Waals surface area contributed by atoms with Crippen molar-refractivity contribution in [3.8, 4) is 0 Å². The number of fused-ring (bicyclic) bond motifs is 2. The number of carbonyl (C=O) groups is 1. The number of amides is 1. The summed E-state index contributed by atoms with van der Waals surface area (Å²) in [4.78, 5) is 23.4. The fourth-order valence-corrected chi connectivity index (χ4v) is 6.85. The number of rotatable bonds is 3. The van der Waals surface area contributed by atoms with Gasteiger partial charge in [-0.25, -0.2) is 0 Å². The Morgan fingerprint density at radius 3 is 2.68 bits per heavy atom. The van der Waals surface area contributed by atoms with Crippen LogP contribution in [0.1, 0.15) is 18.9 Å². The second kappa shape index (κ2) is 5.16. The van der Waals surface area contributed by atoms with E-state index >= 15 is 0 Å².